The number of nitrogens with zero attached hydrogens (tertiary/aromatic N) is 2. The maximum absolute atomic E-state index is 11.7. The molecule has 1 saturated carbocycles. The number of hydrogen-bond acceptors (Lipinski definition) is 5. The fourth-order valence-electron chi connectivity index (χ4n) is 5.08. The number of carboxylic acid groups (broad SMARTS) is 1. The molecule has 188 valence electrons. The summed E-state index contributed by atoms with van der Waals surface area (Å²) in [4.78, 5) is 32.5. The summed E-state index contributed by atoms with van der Waals surface area (Å²) in [5.74, 6) is 0.108. The molecule has 0 radical (unpaired) electrons. The van der Waals surface area contributed by atoms with Crippen molar-refractivity contribution >= 4 is 23.2 Å². The van der Waals surface area contributed by atoms with Crippen molar-refractivity contribution < 1.29 is 19.1 Å². The van der Waals surface area contributed by atoms with E-state index in [0.717, 1.165) is 47.1 Å². The standard InChI is InChI=1S/C30H24N4O4/c31-27(35)21-9-4-8-20(16-21)23-17-32-28-25(33-23)24(18-6-2-1-3-7-18)26(38-28)19-10-12-22(13-11-19)30(14-5-15-30)34-29(36)37/h1-4,6-13,16-17,34H,5,14-15H2,(H2,31,35)(H,36,37). The molecule has 38 heavy (non-hydrogen) atoms. The van der Waals surface area contributed by atoms with E-state index in [1.165, 1.54) is 0 Å². The van der Waals surface area contributed by atoms with E-state index in [-0.39, 0.29) is 0 Å². The fourth-order valence-corrected chi connectivity index (χ4v) is 5.08. The summed E-state index contributed by atoms with van der Waals surface area (Å²) in [7, 11) is 0. The topological polar surface area (TPSA) is 131 Å². The average Bonchev–Trinajstić information content (AvgIpc) is 3.30. The van der Waals surface area contributed by atoms with Gasteiger partial charge in [0.25, 0.3) is 0 Å². The summed E-state index contributed by atoms with van der Waals surface area (Å²) in [5.41, 5.74) is 11.1. The smallest absolute Gasteiger partial charge is 0.405 e. The molecule has 1 aliphatic rings. The van der Waals surface area contributed by atoms with E-state index in [1.807, 2.05) is 60.7 Å². The van der Waals surface area contributed by atoms with Gasteiger partial charge in [-0.15, -0.1) is 0 Å². The predicted molar refractivity (Wildman–Crippen MR) is 143 cm³/mol. The van der Waals surface area contributed by atoms with Crippen molar-refractivity contribution in [3.8, 4) is 33.7 Å². The molecule has 6 rings (SSSR count). The van der Waals surface area contributed by atoms with Crippen molar-refractivity contribution in [2.45, 2.75) is 24.8 Å². The molecule has 8 heteroatoms. The number of aromatic nitrogens is 2. The van der Waals surface area contributed by atoms with E-state index < -0.39 is 17.5 Å². The van der Waals surface area contributed by atoms with Crippen LogP contribution >= 0.6 is 0 Å². The normalized spacial score (nSPS) is 14.1. The molecule has 5 aromatic rings. The average molecular weight is 505 g/mol. The molecule has 1 aliphatic carbocycles. The highest BCUT2D eigenvalue weighted by atomic mass is 16.4. The van der Waals surface area contributed by atoms with Crippen molar-refractivity contribution in [1.82, 2.24) is 15.3 Å². The van der Waals surface area contributed by atoms with Crippen molar-refractivity contribution in [2.24, 2.45) is 5.73 Å². The summed E-state index contributed by atoms with van der Waals surface area (Å²) in [6.45, 7) is 0. The monoisotopic (exact) mass is 504 g/mol. The molecule has 0 aliphatic heterocycles. The van der Waals surface area contributed by atoms with Crippen molar-refractivity contribution in [3.63, 3.8) is 0 Å². The Labute approximate surface area is 218 Å². The van der Waals surface area contributed by atoms with Crippen molar-refractivity contribution in [2.75, 3.05) is 0 Å². The van der Waals surface area contributed by atoms with E-state index in [1.54, 1.807) is 24.4 Å². The number of amides is 2. The lowest BCUT2D eigenvalue weighted by Gasteiger charge is -2.42. The molecule has 0 spiro atoms. The van der Waals surface area contributed by atoms with Crippen LogP contribution in [0.3, 0.4) is 0 Å². The highest BCUT2D eigenvalue weighted by molar-refractivity contribution is 5.99. The highest BCUT2D eigenvalue weighted by Gasteiger charge is 2.40. The van der Waals surface area contributed by atoms with E-state index in [4.69, 9.17) is 15.1 Å². The lowest BCUT2D eigenvalue weighted by molar-refractivity contribution is 0.1000. The van der Waals surface area contributed by atoms with Gasteiger partial charge in [-0.1, -0.05) is 66.7 Å². The Hall–Kier alpha value is -4.98. The van der Waals surface area contributed by atoms with Gasteiger partial charge in [-0.25, -0.2) is 14.8 Å². The molecule has 8 nitrogen and oxygen atoms in total. The van der Waals surface area contributed by atoms with Gasteiger partial charge in [0.2, 0.25) is 11.6 Å². The third kappa shape index (κ3) is 4.06. The third-order valence-corrected chi connectivity index (χ3v) is 7.16. The van der Waals surface area contributed by atoms with Gasteiger partial charge in [0, 0.05) is 16.7 Å². The Morgan fingerprint density at radius 1 is 0.921 bits per heavy atom. The van der Waals surface area contributed by atoms with Gasteiger partial charge in [-0.05, 0) is 42.5 Å². The lowest BCUT2D eigenvalue weighted by atomic mass is 9.72. The molecular formula is C30H24N4O4. The molecule has 2 amide bonds. The molecule has 4 N–H and O–H groups in total. The zero-order valence-corrected chi connectivity index (χ0v) is 20.3. The molecule has 0 saturated heterocycles. The molecule has 1 fully saturated rings. The number of rotatable bonds is 6. The second-order valence-electron chi connectivity index (χ2n) is 9.47. The van der Waals surface area contributed by atoms with Crippen LogP contribution in [-0.4, -0.2) is 27.1 Å². The lowest BCUT2D eigenvalue weighted by Crippen LogP contribution is -2.50. The van der Waals surface area contributed by atoms with Gasteiger partial charge in [0.1, 0.15) is 11.3 Å². The van der Waals surface area contributed by atoms with E-state index in [0.29, 0.717) is 28.2 Å². The van der Waals surface area contributed by atoms with Crippen molar-refractivity contribution in [1.29, 1.82) is 0 Å². The first-order chi connectivity index (χ1) is 18.4. The third-order valence-electron chi connectivity index (χ3n) is 7.16. The highest BCUT2D eigenvalue weighted by Crippen LogP contribution is 2.44. The molecular weight excluding hydrogens is 480 g/mol. The molecule has 3 aromatic carbocycles. The number of benzene rings is 3. The predicted octanol–water partition coefficient (Wildman–Crippen LogP) is 5.97. The van der Waals surface area contributed by atoms with E-state index in [9.17, 15) is 14.7 Å². The minimum atomic E-state index is -1.02. The number of primary amides is 1. The molecule has 0 unspecified atom stereocenters. The Kier molecular flexibility index (Phi) is 5.64. The summed E-state index contributed by atoms with van der Waals surface area (Å²) >= 11 is 0. The zero-order chi connectivity index (χ0) is 26.3. The van der Waals surface area contributed by atoms with Crippen LogP contribution in [0.1, 0.15) is 35.2 Å². The molecule has 0 bridgehead atoms. The second kappa shape index (κ2) is 9.15. The first kappa shape index (κ1) is 23.4. The van der Waals surface area contributed by atoms with Gasteiger partial charge >= 0.3 is 6.09 Å². The summed E-state index contributed by atoms with van der Waals surface area (Å²) in [6.07, 6.45) is 3.11. The Morgan fingerprint density at radius 3 is 2.32 bits per heavy atom. The van der Waals surface area contributed by atoms with Gasteiger partial charge in [0.05, 0.1) is 23.0 Å². The second-order valence-corrected chi connectivity index (χ2v) is 9.47. The SMILES string of the molecule is NC(=O)c1cccc(-c2cnc3oc(-c4ccc(C5(NC(=O)O)CCC5)cc4)c(-c4ccccc4)c3n2)c1. The van der Waals surface area contributed by atoms with Crippen LogP contribution in [-0.2, 0) is 5.54 Å². The molecule has 2 heterocycles. The van der Waals surface area contributed by atoms with Crippen LogP contribution in [0.4, 0.5) is 4.79 Å². The number of furan rings is 1. The first-order valence-corrected chi connectivity index (χ1v) is 12.3. The summed E-state index contributed by atoms with van der Waals surface area (Å²) in [6, 6.07) is 24.6. The number of carbonyl (C=O) groups excluding carboxylic acids is 1. The molecule has 2 aromatic heterocycles. The van der Waals surface area contributed by atoms with E-state index in [2.05, 4.69) is 10.3 Å². The van der Waals surface area contributed by atoms with Gasteiger partial charge in [0.15, 0.2) is 0 Å². The number of nitrogens with two attached hydrogens (primary N) is 1. The maximum Gasteiger partial charge on any atom is 0.405 e. The number of nitrogens with one attached hydrogen (secondary N) is 1. The molecule has 0 atom stereocenters. The minimum absolute atomic E-state index is 0.390. The Bertz CT molecular complexity index is 1670. The van der Waals surface area contributed by atoms with Crippen molar-refractivity contribution in [3.05, 3.63) is 96.2 Å². The minimum Gasteiger partial charge on any atom is -0.465 e. The quantitative estimate of drug-likeness (QED) is 0.261. The number of hydrogen-bond donors (Lipinski definition) is 3. The van der Waals surface area contributed by atoms with Crippen LogP contribution in [0.25, 0.3) is 44.9 Å². The summed E-state index contributed by atoms with van der Waals surface area (Å²) < 4.78 is 6.27. The van der Waals surface area contributed by atoms with Crippen LogP contribution < -0.4 is 11.1 Å². The van der Waals surface area contributed by atoms with Crippen LogP contribution in [0.5, 0.6) is 0 Å². The van der Waals surface area contributed by atoms with Gasteiger partial charge < -0.3 is 20.6 Å². The number of fused-ring (bicyclic) bond motifs is 1. The van der Waals surface area contributed by atoms with Crippen LogP contribution in [0.15, 0.2) is 89.5 Å². The van der Waals surface area contributed by atoms with E-state index >= 15 is 0 Å². The Morgan fingerprint density at radius 2 is 1.66 bits per heavy atom. The maximum atomic E-state index is 11.7. The van der Waals surface area contributed by atoms with Crippen LogP contribution in [0.2, 0.25) is 0 Å². The largest absolute Gasteiger partial charge is 0.465 e. The van der Waals surface area contributed by atoms with Gasteiger partial charge in [-0.2, -0.15) is 0 Å². The summed E-state index contributed by atoms with van der Waals surface area (Å²) in [5, 5.41) is 12.0. The van der Waals surface area contributed by atoms with Crippen LogP contribution in [0, 0.1) is 0 Å². The van der Waals surface area contributed by atoms with Gasteiger partial charge in [-0.3, -0.25) is 4.79 Å². The Balaban J connectivity index is 1.48. The zero-order valence-electron chi connectivity index (χ0n) is 20.3. The fraction of sp³-hybridized carbons (Fsp3) is 0.133. The number of carbonyl (C=O) groups is 2. The first-order valence-electron chi connectivity index (χ1n) is 12.3.